The molecule has 0 spiro atoms. The lowest BCUT2D eigenvalue weighted by molar-refractivity contribution is -0.117. The van der Waals surface area contributed by atoms with Gasteiger partial charge in [0.15, 0.2) is 0 Å². The van der Waals surface area contributed by atoms with Crippen molar-refractivity contribution in [1.29, 1.82) is 0 Å². The predicted octanol–water partition coefficient (Wildman–Crippen LogP) is 0.233. The summed E-state index contributed by atoms with van der Waals surface area (Å²) in [5.41, 5.74) is 7.16. The molecular formula is C11H12N2O3. The van der Waals surface area contributed by atoms with E-state index in [1.165, 1.54) is 6.07 Å². The van der Waals surface area contributed by atoms with Crippen LogP contribution in [0.15, 0.2) is 18.2 Å². The number of carbonyl (C=O) groups excluding carboxylic acids is 1. The van der Waals surface area contributed by atoms with Crippen molar-refractivity contribution in [3.8, 4) is 0 Å². The number of carboxylic acid groups (broad SMARTS) is 1. The average molecular weight is 220 g/mol. The fourth-order valence-electron chi connectivity index (χ4n) is 1.88. The first kappa shape index (κ1) is 10.6. The van der Waals surface area contributed by atoms with Crippen molar-refractivity contribution in [2.45, 2.75) is 6.42 Å². The summed E-state index contributed by atoms with van der Waals surface area (Å²) in [6.07, 6.45) is 0.751. The first-order valence-corrected chi connectivity index (χ1v) is 5.00. The lowest BCUT2D eigenvalue weighted by Crippen LogP contribution is -2.34. The smallest absolute Gasteiger partial charge is 0.335 e. The molecule has 0 aromatic heterocycles. The highest BCUT2D eigenvalue weighted by atomic mass is 16.4. The first-order valence-electron chi connectivity index (χ1n) is 5.00. The van der Waals surface area contributed by atoms with Crippen LogP contribution in [0.5, 0.6) is 0 Å². The van der Waals surface area contributed by atoms with Crippen LogP contribution < -0.4 is 10.6 Å². The van der Waals surface area contributed by atoms with Gasteiger partial charge in [-0.3, -0.25) is 4.79 Å². The van der Waals surface area contributed by atoms with Crippen molar-refractivity contribution in [1.82, 2.24) is 0 Å². The Hall–Kier alpha value is -1.88. The van der Waals surface area contributed by atoms with Gasteiger partial charge in [-0.25, -0.2) is 4.79 Å². The van der Waals surface area contributed by atoms with Crippen LogP contribution in [0.1, 0.15) is 15.9 Å². The van der Waals surface area contributed by atoms with Gasteiger partial charge in [0.05, 0.1) is 12.1 Å². The summed E-state index contributed by atoms with van der Waals surface area (Å²) in [5, 5.41) is 8.87. The topological polar surface area (TPSA) is 83.6 Å². The Bertz CT molecular complexity index is 457. The Morgan fingerprint density at radius 3 is 2.81 bits per heavy atom. The number of aromatic carboxylic acids is 1. The molecule has 0 atom stereocenters. The van der Waals surface area contributed by atoms with E-state index in [2.05, 4.69) is 0 Å². The number of anilines is 1. The molecule has 3 N–H and O–H groups in total. The molecule has 5 nitrogen and oxygen atoms in total. The predicted molar refractivity (Wildman–Crippen MR) is 58.5 cm³/mol. The zero-order chi connectivity index (χ0) is 11.7. The largest absolute Gasteiger partial charge is 0.478 e. The minimum absolute atomic E-state index is 0.0588. The number of nitrogens with zero attached hydrogens (tertiary/aromatic N) is 1. The average Bonchev–Trinajstić information content (AvgIpc) is 2.70. The van der Waals surface area contributed by atoms with Gasteiger partial charge in [-0.1, -0.05) is 6.07 Å². The molecule has 1 aliphatic heterocycles. The standard InChI is InChI=1S/C11H12N2O3/c12-6-10(14)13-4-3-7-1-2-8(11(15)16)5-9(7)13/h1-2,5H,3-4,6,12H2,(H,15,16). The lowest BCUT2D eigenvalue weighted by atomic mass is 10.1. The summed E-state index contributed by atoms with van der Waals surface area (Å²) in [4.78, 5) is 23.9. The molecule has 84 valence electrons. The summed E-state index contributed by atoms with van der Waals surface area (Å²) < 4.78 is 0. The van der Waals surface area contributed by atoms with Gasteiger partial charge in [-0.2, -0.15) is 0 Å². The highest BCUT2D eigenvalue weighted by molar-refractivity contribution is 5.98. The zero-order valence-corrected chi connectivity index (χ0v) is 8.64. The SMILES string of the molecule is NCC(=O)N1CCc2ccc(C(=O)O)cc21. The van der Waals surface area contributed by atoms with Gasteiger partial charge in [-0.05, 0) is 24.1 Å². The molecule has 16 heavy (non-hydrogen) atoms. The van der Waals surface area contributed by atoms with Crippen molar-refractivity contribution in [3.63, 3.8) is 0 Å². The molecule has 1 aliphatic rings. The van der Waals surface area contributed by atoms with Gasteiger partial charge in [0.2, 0.25) is 5.91 Å². The Morgan fingerprint density at radius 1 is 1.44 bits per heavy atom. The van der Waals surface area contributed by atoms with Gasteiger partial charge in [0.25, 0.3) is 0 Å². The van der Waals surface area contributed by atoms with Crippen LogP contribution in [0.3, 0.4) is 0 Å². The minimum Gasteiger partial charge on any atom is -0.478 e. The van der Waals surface area contributed by atoms with Gasteiger partial charge < -0.3 is 15.7 Å². The third-order valence-corrected chi connectivity index (χ3v) is 2.70. The van der Waals surface area contributed by atoms with Gasteiger partial charge in [0.1, 0.15) is 0 Å². The highest BCUT2D eigenvalue weighted by Gasteiger charge is 2.24. The van der Waals surface area contributed by atoms with Crippen molar-refractivity contribution < 1.29 is 14.7 Å². The Labute approximate surface area is 92.5 Å². The summed E-state index contributed by atoms with van der Waals surface area (Å²) in [7, 11) is 0. The molecular weight excluding hydrogens is 208 g/mol. The summed E-state index contributed by atoms with van der Waals surface area (Å²) >= 11 is 0. The molecule has 1 aromatic rings. The number of hydrogen-bond donors (Lipinski definition) is 2. The number of fused-ring (bicyclic) bond motifs is 1. The number of benzene rings is 1. The van der Waals surface area contributed by atoms with Crippen LogP contribution in [-0.2, 0) is 11.2 Å². The molecule has 5 heteroatoms. The molecule has 0 unspecified atom stereocenters. The van der Waals surface area contributed by atoms with Crippen LogP contribution in [0.4, 0.5) is 5.69 Å². The van der Waals surface area contributed by atoms with E-state index < -0.39 is 5.97 Å². The fraction of sp³-hybridized carbons (Fsp3) is 0.273. The second-order valence-electron chi connectivity index (χ2n) is 3.65. The van der Waals surface area contributed by atoms with Crippen LogP contribution >= 0.6 is 0 Å². The van der Waals surface area contributed by atoms with Crippen LogP contribution in [-0.4, -0.2) is 30.1 Å². The molecule has 0 saturated heterocycles. The molecule has 0 fully saturated rings. The van der Waals surface area contributed by atoms with Crippen LogP contribution in [0.25, 0.3) is 0 Å². The first-order chi connectivity index (χ1) is 7.63. The molecule has 1 heterocycles. The van der Waals surface area contributed by atoms with E-state index in [-0.39, 0.29) is 18.0 Å². The number of carboxylic acids is 1. The molecule has 1 amide bonds. The summed E-state index contributed by atoms with van der Waals surface area (Å²) in [6.45, 7) is 0.519. The second-order valence-corrected chi connectivity index (χ2v) is 3.65. The van der Waals surface area contributed by atoms with E-state index in [0.717, 1.165) is 12.0 Å². The maximum absolute atomic E-state index is 11.5. The van der Waals surface area contributed by atoms with Gasteiger partial charge in [-0.15, -0.1) is 0 Å². The summed E-state index contributed by atoms with van der Waals surface area (Å²) in [5.74, 6) is -1.17. The van der Waals surface area contributed by atoms with Crippen LogP contribution in [0, 0.1) is 0 Å². The van der Waals surface area contributed by atoms with E-state index in [9.17, 15) is 9.59 Å². The highest BCUT2D eigenvalue weighted by Crippen LogP contribution is 2.28. The van der Waals surface area contributed by atoms with Gasteiger partial charge >= 0.3 is 5.97 Å². The lowest BCUT2D eigenvalue weighted by Gasteiger charge is -2.16. The third kappa shape index (κ3) is 1.65. The van der Waals surface area contributed by atoms with Crippen molar-refractivity contribution in [2.24, 2.45) is 5.73 Å². The third-order valence-electron chi connectivity index (χ3n) is 2.70. The quantitative estimate of drug-likeness (QED) is 0.747. The van der Waals surface area contributed by atoms with Crippen LogP contribution in [0.2, 0.25) is 0 Å². The van der Waals surface area contributed by atoms with E-state index in [1.54, 1.807) is 17.0 Å². The molecule has 0 bridgehead atoms. The second kappa shape index (κ2) is 3.94. The Balaban J connectivity index is 2.40. The van der Waals surface area contributed by atoms with E-state index in [4.69, 9.17) is 10.8 Å². The van der Waals surface area contributed by atoms with Crippen molar-refractivity contribution >= 4 is 17.6 Å². The Morgan fingerprint density at radius 2 is 2.19 bits per heavy atom. The Kier molecular flexibility index (Phi) is 2.62. The van der Waals surface area contributed by atoms with Crippen molar-refractivity contribution in [2.75, 3.05) is 18.0 Å². The van der Waals surface area contributed by atoms with E-state index >= 15 is 0 Å². The normalized spacial score (nSPS) is 13.7. The number of amides is 1. The molecule has 1 aromatic carbocycles. The number of hydrogen-bond acceptors (Lipinski definition) is 3. The molecule has 0 aliphatic carbocycles. The molecule has 0 radical (unpaired) electrons. The number of rotatable bonds is 2. The fourth-order valence-corrected chi connectivity index (χ4v) is 1.88. The number of nitrogens with two attached hydrogens (primary N) is 1. The maximum Gasteiger partial charge on any atom is 0.335 e. The molecule has 0 saturated carbocycles. The maximum atomic E-state index is 11.5. The summed E-state index contributed by atoms with van der Waals surface area (Å²) in [6, 6.07) is 4.83. The van der Waals surface area contributed by atoms with Crippen molar-refractivity contribution in [3.05, 3.63) is 29.3 Å². The van der Waals surface area contributed by atoms with E-state index in [0.29, 0.717) is 12.2 Å². The molecule has 2 rings (SSSR count). The van der Waals surface area contributed by atoms with Gasteiger partial charge in [0, 0.05) is 12.2 Å². The monoisotopic (exact) mass is 220 g/mol. The van der Waals surface area contributed by atoms with E-state index in [1.807, 2.05) is 0 Å². The zero-order valence-electron chi connectivity index (χ0n) is 8.64. The minimum atomic E-state index is -0.991. The number of carbonyl (C=O) groups is 2.